The number of rotatable bonds is 4. The molecule has 0 aliphatic heterocycles. The quantitative estimate of drug-likeness (QED) is 0.613. The second-order valence-corrected chi connectivity index (χ2v) is 5.57. The minimum absolute atomic E-state index is 0.213. The van der Waals surface area contributed by atoms with Gasteiger partial charge in [0.05, 0.1) is 10.2 Å². The van der Waals surface area contributed by atoms with Crippen molar-refractivity contribution >= 4 is 38.8 Å². The van der Waals surface area contributed by atoms with Gasteiger partial charge in [0, 0.05) is 29.7 Å². The highest BCUT2D eigenvalue weighted by Crippen LogP contribution is 2.28. The van der Waals surface area contributed by atoms with Crippen molar-refractivity contribution in [2.45, 2.75) is 0 Å². The van der Waals surface area contributed by atoms with Crippen molar-refractivity contribution in [2.24, 2.45) is 0 Å². The van der Waals surface area contributed by atoms with Gasteiger partial charge in [0.1, 0.15) is 11.6 Å². The van der Waals surface area contributed by atoms with E-state index in [0.29, 0.717) is 5.82 Å². The third kappa shape index (κ3) is 3.56. The Labute approximate surface area is 137 Å². The van der Waals surface area contributed by atoms with Gasteiger partial charge in [-0.3, -0.25) is 0 Å². The van der Waals surface area contributed by atoms with Gasteiger partial charge in [0.2, 0.25) is 0 Å². The molecule has 0 saturated heterocycles. The van der Waals surface area contributed by atoms with Gasteiger partial charge in [-0.1, -0.05) is 24.3 Å². The maximum atomic E-state index is 9.50. The van der Waals surface area contributed by atoms with Gasteiger partial charge in [-0.15, -0.1) is 0 Å². The number of aromatic nitrogens is 1. The van der Waals surface area contributed by atoms with Gasteiger partial charge in [0.25, 0.3) is 0 Å². The number of phenolic OH excluding ortho intramolecular Hbond substituents is 1. The van der Waals surface area contributed by atoms with Gasteiger partial charge < -0.3 is 15.7 Å². The summed E-state index contributed by atoms with van der Waals surface area (Å²) in [4.78, 5) is 4.33. The molecule has 0 aliphatic carbocycles. The Bertz CT molecular complexity index is 778. The second kappa shape index (κ2) is 6.49. The number of halogens is 1. The zero-order valence-electron chi connectivity index (χ0n) is 11.6. The number of nitrogens with zero attached hydrogens (tertiary/aromatic N) is 1. The first kappa shape index (κ1) is 14.4. The highest BCUT2D eigenvalue weighted by Gasteiger charge is 2.04. The molecule has 3 aromatic rings. The number of phenols is 1. The standard InChI is InChI=1S/C17H14BrN3O/c18-15-11-19-17(21-13-7-4-8-14(22)9-13)10-16(15)20-12-5-2-1-3-6-12/h1-11,22H,(H2,19,20,21). The summed E-state index contributed by atoms with van der Waals surface area (Å²) in [7, 11) is 0. The molecule has 0 atom stereocenters. The molecule has 5 heteroatoms. The van der Waals surface area contributed by atoms with Gasteiger partial charge in [-0.05, 0) is 40.2 Å². The number of hydrogen-bond acceptors (Lipinski definition) is 4. The van der Waals surface area contributed by atoms with E-state index in [9.17, 15) is 5.11 Å². The molecule has 1 heterocycles. The molecule has 3 N–H and O–H groups in total. The van der Waals surface area contributed by atoms with Crippen molar-refractivity contribution in [3.8, 4) is 5.75 Å². The largest absolute Gasteiger partial charge is 0.508 e. The molecule has 0 radical (unpaired) electrons. The maximum absolute atomic E-state index is 9.50. The zero-order chi connectivity index (χ0) is 15.4. The third-order valence-electron chi connectivity index (χ3n) is 3.03. The molecule has 22 heavy (non-hydrogen) atoms. The minimum atomic E-state index is 0.213. The minimum Gasteiger partial charge on any atom is -0.508 e. The van der Waals surface area contributed by atoms with E-state index in [4.69, 9.17) is 0 Å². The Morgan fingerprint density at radius 2 is 1.64 bits per heavy atom. The van der Waals surface area contributed by atoms with Crippen LogP contribution in [0.15, 0.2) is 71.3 Å². The zero-order valence-corrected chi connectivity index (χ0v) is 13.2. The van der Waals surface area contributed by atoms with Crippen LogP contribution in [0.3, 0.4) is 0 Å². The maximum Gasteiger partial charge on any atom is 0.132 e. The van der Waals surface area contributed by atoms with Crippen LogP contribution in [0.4, 0.5) is 22.9 Å². The predicted octanol–water partition coefficient (Wildman–Crippen LogP) is 5.04. The molecular weight excluding hydrogens is 342 g/mol. The molecule has 0 bridgehead atoms. The van der Waals surface area contributed by atoms with Crippen molar-refractivity contribution in [3.63, 3.8) is 0 Å². The van der Waals surface area contributed by atoms with Crippen LogP contribution in [-0.2, 0) is 0 Å². The molecule has 0 amide bonds. The first-order valence-corrected chi connectivity index (χ1v) is 7.54. The fourth-order valence-corrected chi connectivity index (χ4v) is 2.33. The van der Waals surface area contributed by atoms with E-state index < -0.39 is 0 Å². The Balaban J connectivity index is 1.83. The van der Waals surface area contributed by atoms with Crippen LogP contribution in [0.25, 0.3) is 0 Å². The topological polar surface area (TPSA) is 57.2 Å². The number of nitrogens with one attached hydrogen (secondary N) is 2. The molecule has 0 spiro atoms. The van der Waals surface area contributed by atoms with Crippen molar-refractivity contribution in [1.82, 2.24) is 4.98 Å². The summed E-state index contributed by atoms with van der Waals surface area (Å²) < 4.78 is 0.873. The van der Waals surface area contributed by atoms with Crippen LogP contribution in [0.2, 0.25) is 0 Å². The normalized spacial score (nSPS) is 10.2. The predicted molar refractivity (Wildman–Crippen MR) is 93.1 cm³/mol. The van der Waals surface area contributed by atoms with E-state index in [1.165, 1.54) is 0 Å². The lowest BCUT2D eigenvalue weighted by atomic mass is 10.3. The number of anilines is 4. The summed E-state index contributed by atoms with van der Waals surface area (Å²) in [5.74, 6) is 0.900. The first-order valence-electron chi connectivity index (χ1n) is 6.74. The van der Waals surface area contributed by atoms with E-state index in [0.717, 1.165) is 21.5 Å². The van der Waals surface area contributed by atoms with Crippen LogP contribution in [0.5, 0.6) is 5.75 Å². The second-order valence-electron chi connectivity index (χ2n) is 4.72. The van der Waals surface area contributed by atoms with Gasteiger partial charge in [-0.25, -0.2) is 4.98 Å². The van der Waals surface area contributed by atoms with Crippen molar-refractivity contribution in [1.29, 1.82) is 0 Å². The molecule has 0 unspecified atom stereocenters. The molecule has 110 valence electrons. The summed E-state index contributed by atoms with van der Waals surface area (Å²) >= 11 is 3.49. The van der Waals surface area contributed by atoms with Crippen LogP contribution in [-0.4, -0.2) is 10.1 Å². The fraction of sp³-hybridized carbons (Fsp3) is 0. The van der Waals surface area contributed by atoms with E-state index in [1.54, 1.807) is 24.4 Å². The summed E-state index contributed by atoms with van der Waals surface area (Å²) in [6, 6.07) is 18.7. The Morgan fingerprint density at radius 1 is 0.864 bits per heavy atom. The van der Waals surface area contributed by atoms with Crippen LogP contribution >= 0.6 is 15.9 Å². The van der Waals surface area contributed by atoms with Crippen molar-refractivity contribution < 1.29 is 5.11 Å². The number of hydrogen-bond donors (Lipinski definition) is 3. The number of pyridine rings is 1. The van der Waals surface area contributed by atoms with Gasteiger partial charge in [0.15, 0.2) is 0 Å². The summed E-state index contributed by atoms with van der Waals surface area (Å²) in [6.45, 7) is 0. The summed E-state index contributed by atoms with van der Waals surface area (Å²) in [6.07, 6.45) is 1.73. The lowest BCUT2D eigenvalue weighted by Gasteiger charge is -2.11. The third-order valence-corrected chi connectivity index (χ3v) is 3.66. The summed E-state index contributed by atoms with van der Waals surface area (Å²) in [5.41, 5.74) is 2.68. The van der Waals surface area contributed by atoms with Crippen molar-refractivity contribution in [3.05, 3.63) is 71.3 Å². The first-order chi connectivity index (χ1) is 10.7. The van der Waals surface area contributed by atoms with Crippen LogP contribution in [0, 0.1) is 0 Å². The SMILES string of the molecule is Oc1cccc(Nc2cc(Nc3ccccc3)c(Br)cn2)c1. The van der Waals surface area contributed by atoms with E-state index in [1.807, 2.05) is 42.5 Å². The molecule has 0 aliphatic rings. The Morgan fingerprint density at radius 3 is 2.41 bits per heavy atom. The number of benzene rings is 2. The van der Waals surface area contributed by atoms with Crippen LogP contribution in [0.1, 0.15) is 0 Å². The Kier molecular flexibility index (Phi) is 4.25. The van der Waals surface area contributed by atoms with Gasteiger partial charge >= 0.3 is 0 Å². The molecule has 0 fully saturated rings. The Hall–Kier alpha value is -2.53. The highest BCUT2D eigenvalue weighted by atomic mass is 79.9. The molecule has 2 aromatic carbocycles. The number of aromatic hydroxyl groups is 1. The van der Waals surface area contributed by atoms with Crippen LogP contribution < -0.4 is 10.6 Å². The van der Waals surface area contributed by atoms with E-state index in [2.05, 4.69) is 31.5 Å². The van der Waals surface area contributed by atoms with Gasteiger partial charge in [-0.2, -0.15) is 0 Å². The molecular formula is C17H14BrN3O. The molecule has 4 nitrogen and oxygen atoms in total. The summed E-state index contributed by atoms with van der Waals surface area (Å²) in [5, 5.41) is 16.0. The lowest BCUT2D eigenvalue weighted by molar-refractivity contribution is 0.475. The molecule has 3 rings (SSSR count). The molecule has 1 aromatic heterocycles. The lowest BCUT2D eigenvalue weighted by Crippen LogP contribution is -1.97. The smallest absolute Gasteiger partial charge is 0.132 e. The molecule has 0 saturated carbocycles. The van der Waals surface area contributed by atoms with E-state index >= 15 is 0 Å². The van der Waals surface area contributed by atoms with Crippen molar-refractivity contribution in [2.75, 3.05) is 10.6 Å². The number of para-hydroxylation sites is 1. The average Bonchev–Trinajstić information content (AvgIpc) is 2.52. The fourth-order valence-electron chi connectivity index (χ4n) is 2.01. The average molecular weight is 356 g/mol. The van der Waals surface area contributed by atoms with E-state index in [-0.39, 0.29) is 5.75 Å². The monoisotopic (exact) mass is 355 g/mol. The highest BCUT2D eigenvalue weighted by molar-refractivity contribution is 9.10.